The molecule has 1 fully saturated rings. The summed E-state index contributed by atoms with van der Waals surface area (Å²) in [4.78, 5) is 5.78. The minimum absolute atomic E-state index is 0.0815. The summed E-state index contributed by atoms with van der Waals surface area (Å²) >= 11 is 0. The van der Waals surface area contributed by atoms with Gasteiger partial charge in [-0.15, -0.1) is 0 Å². The Balaban J connectivity index is 1.01. The third-order valence-electron chi connectivity index (χ3n) is 17.3. The highest BCUT2D eigenvalue weighted by Gasteiger charge is 2.53. The molecule has 12 rings (SSSR count). The Hall–Kier alpha value is -4.76. The summed E-state index contributed by atoms with van der Waals surface area (Å²) in [5.74, 6) is 3.10. The minimum Gasteiger partial charge on any atom is -0.497 e. The molecule has 0 bridgehead atoms. The van der Waals surface area contributed by atoms with Gasteiger partial charge in [0.25, 0.3) is 0 Å². The minimum atomic E-state index is -0.206. The van der Waals surface area contributed by atoms with Crippen molar-refractivity contribution in [2.24, 2.45) is 29.1 Å². The van der Waals surface area contributed by atoms with Gasteiger partial charge in [0.2, 0.25) is 0 Å². The third-order valence-corrected chi connectivity index (χ3v) is 17.3. The van der Waals surface area contributed by atoms with Gasteiger partial charge in [0.05, 0.1) is 12.0 Å². The van der Waals surface area contributed by atoms with E-state index in [1.807, 2.05) is 0 Å². The standard InChI is InChI=1S/C58H64N2O/c1-39-17-9-12-25-50(39)58(40-18-5-3-6-19-40)51-26-13-10-23-46(51)47-31-28-43(35-53(47)58)59(45-30-33-52-56(37-45)61-38-41-20-15-16-34-57(41,52)2)44-29-32-49-48-24-11-14-27-54(48)60(55(49)36-44)42-21-7-4-8-22-42/h3-7,10-11,15-16,18-21,23-25,30,34-35,37,39,41,44,48,52,54H,8-9,12-14,17,22,26-29,31-33,36,38H2,1-2H3/t39?,41?,44?,48?,52?,54?,57?,58-/m0/s1. The number of nitrogens with zero attached hydrogens (tertiary/aromatic N) is 2. The quantitative estimate of drug-likeness (QED) is 0.266. The number of allylic oxidation sites excluding steroid dienone is 21. The van der Waals surface area contributed by atoms with Crippen LogP contribution in [-0.2, 0) is 10.2 Å². The fraction of sp³-hybridized carbons (Fsp3) is 0.448. The molecule has 2 heterocycles. The maximum Gasteiger partial charge on any atom is 0.102 e. The van der Waals surface area contributed by atoms with Crippen molar-refractivity contribution in [2.75, 3.05) is 6.61 Å². The van der Waals surface area contributed by atoms with Crippen LogP contribution in [0.1, 0.15) is 116 Å². The van der Waals surface area contributed by atoms with E-state index in [0.29, 0.717) is 35.8 Å². The van der Waals surface area contributed by atoms with Gasteiger partial charge in [0.1, 0.15) is 5.76 Å². The lowest BCUT2D eigenvalue weighted by molar-refractivity contribution is 0.0122. The average Bonchev–Trinajstić information content (AvgIpc) is 3.80. The van der Waals surface area contributed by atoms with Crippen molar-refractivity contribution in [2.45, 2.75) is 128 Å². The van der Waals surface area contributed by atoms with E-state index in [-0.39, 0.29) is 10.8 Å². The number of ether oxygens (including phenoxy) is 1. The van der Waals surface area contributed by atoms with Crippen LogP contribution >= 0.6 is 0 Å². The Morgan fingerprint density at radius 3 is 2.64 bits per heavy atom. The van der Waals surface area contributed by atoms with Gasteiger partial charge in [-0.25, -0.2) is 0 Å². The van der Waals surface area contributed by atoms with E-state index in [0.717, 1.165) is 58.0 Å². The summed E-state index contributed by atoms with van der Waals surface area (Å²) < 4.78 is 6.84. The van der Waals surface area contributed by atoms with Gasteiger partial charge in [-0.3, -0.25) is 0 Å². The van der Waals surface area contributed by atoms with Crippen molar-refractivity contribution in [1.29, 1.82) is 0 Å². The maximum atomic E-state index is 6.84. The van der Waals surface area contributed by atoms with Crippen LogP contribution in [0.3, 0.4) is 0 Å². The number of benzene rings is 1. The first-order valence-corrected chi connectivity index (χ1v) is 24.4. The molecule has 0 aromatic heterocycles. The molecule has 0 saturated carbocycles. The fourth-order valence-corrected chi connectivity index (χ4v) is 14.4. The largest absolute Gasteiger partial charge is 0.497 e. The predicted molar refractivity (Wildman–Crippen MR) is 250 cm³/mol. The molecule has 3 heteroatoms. The lowest BCUT2D eigenvalue weighted by atomic mass is 9.59. The Bertz CT molecular complexity index is 2430. The van der Waals surface area contributed by atoms with Crippen LogP contribution < -0.4 is 0 Å². The SMILES string of the molecule is CC1CCCC=C1[C@]1(c2ccccc2)C2=C(CCC(N(C3=CCC4C(=C3)OCC3C=CC=CC34C)C3CCC4=C(C3)N(C3=CC=CCC3)C3CCC=CC43)=C2)C2=C1CCC=C2. The molecule has 11 aliphatic rings. The monoisotopic (exact) mass is 805 g/mol. The molecule has 3 nitrogen and oxygen atoms in total. The Labute approximate surface area is 365 Å². The summed E-state index contributed by atoms with van der Waals surface area (Å²) in [7, 11) is 0. The highest BCUT2D eigenvalue weighted by atomic mass is 16.5. The van der Waals surface area contributed by atoms with E-state index < -0.39 is 0 Å². The highest BCUT2D eigenvalue weighted by Crippen LogP contribution is 2.62. The molecule has 1 aromatic carbocycles. The number of hydrogen-bond acceptors (Lipinski definition) is 3. The van der Waals surface area contributed by atoms with Crippen molar-refractivity contribution < 1.29 is 4.74 Å². The van der Waals surface area contributed by atoms with E-state index in [9.17, 15) is 0 Å². The number of rotatable bonds is 6. The molecular formula is C58H64N2O. The second-order valence-corrected chi connectivity index (χ2v) is 20.3. The van der Waals surface area contributed by atoms with E-state index in [1.165, 1.54) is 67.7 Å². The molecule has 0 amide bonds. The normalized spacial score (nSPS) is 35.8. The number of fused-ring (bicyclic) bond motifs is 6. The Morgan fingerprint density at radius 2 is 1.75 bits per heavy atom. The second kappa shape index (κ2) is 15.0. The Morgan fingerprint density at radius 1 is 0.836 bits per heavy atom. The van der Waals surface area contributed by atoms with Crippen LogP contribution in [-0.4, -0.2) is 28.5 Å². The van der Waals surface area contributed by atoms with Crippen molar-refractivity contribution in [1.82, 2.24) is 9.80 Å². The van der Waals surface area contributed by atoms with E-state index >= 15 is 0 Å². The molecule has 2 aliphatic heterocycles. The van der Waals surface area contributed by atoms with Crippen LogP contribution in [0.5, 0.6) is 0 Å². The van der Waals surface area contributed by atoms with Gasteiger partial charge in [0.15, 0.2) is 0 Å². The molecule has 0 radical (unpaired) electrons. The lowest BCUT2D eigenvalue weighted by Crippen LogP contribution is -2.44. The van der Waals surface area contributed by atoms with Crippen LogP contribution in [0, 0.1) is 29.1 Å². The van der Waals surface area contributed by atoms with Crippen molar-refractivity contribution in [3.8, 4) is 0 Å². The fourth-order valence-electron chi connectivity index (χ4n) is 14.4. The molecule has 1 aromatic rings. The molecule has 0 spiro atoms. The van der Waals surface area contributed by atoms with Gasteiger partial charge in [-0.1, -0.05) is 123 Å². The lowest BCUT2D eigenvalue weighted by Gasteiger charge is -2.49. The first-order valence-electron chi connectivity index (χ1n) is 24.4. The van der Waals surface area contributed by atoms with E-state index in [1.54, 1.807) is 44.8 Å². The van der Waals surface area contributed by atoms with Gasteiger partial charge in [-0.05, 0) is 147 Å². The zero-order valence-corrected chi connectivity index (χ0v) is 36.6. The topological polar surface area (TPSA) is 15.7 Å². The Kier molecular flexibility index (Phi) is 9.31. The van der Waals surface area contributed by atoms with E-state index in [2.05, 4.69) is 145 Å². The molecule has 7 unspecified atom stereocenters. The zero-order valence-electron chi connectivity index (χ0n) is 36.6. The molecule has 1 saturated heterocycles. The zero-order chi connectivity index (χ0) is 40.7. The van der Waals surface area contributed by atoms with E-state index in [4.69, 9.17) is 4.74 Å². The van der Waals surface area contributed by atoms with Gasteiger partial charge in [0, 0.05) is 64.5 Å². The van der Waals surface area contributed by atoms with Crippen LogP contribution in [0.25, 0.3) is 0 Å². The van der Waals surface area contributed by atoms with Gasteiger partial charge < -0.3 is 14.5 Å². The second-order valence-electron chi connectivity index (χ2n) is 20.3. The van der Waals surface area contributed by atoms with Crippen molar-refractivity contribution >= 4 is 0 Å². The molecule has 0 N–H and O–H groups in total. The molecular weight excluding hydrogens is 741 g/mol. The van der Waals surface area contributed by atoms with Crippen LogP contribution in [0.15, 0.2) is 183 Å². The predicted octanol–water partition coefficient (Wildman–Crippen LogP) is 13.9. The van der Waals surface area contributed by atoms with Crippen molar-refractivity contribution in [3.63, 3.8) is 0 Å². The highest BCUT2D eigenvalue weighted by molar-refractivity contribution is 5.74. The average molecular weight is 805 g/mol. The summed E-state index contributed by atoms with van der Waals surface area (Å²) in [6.45, 7) is 5.77. The molecule has 312 valence electrons. The van der Waals surface area contributed by atoms with Crippen LogP contribution in [0.4, 0.5) is 0 Å². The smallest absolute Gasteiger partial charge is 0.102 e. The maximum absolute atomic E-state index is 6.84. The summed E-state index contributed by atoms with van der Waals surface area (Å²) in [6.07, 6.45) is 54.6. The summed E-state index contributed by atoms with van der Waals surface area (Å²) in [5, 5.41) is 0. The first kappa shape index (κ1) is 38.0. The molecule has 61 heavy (non-hydrogen) atoms. The van der Waals surface area contributed by atoms with Crippen molar-refractivity contribution in [3.05, 3.63) is 189 Å². The summed E-state index contributed by atoms with van der Waals surface area (Å²) in [5.41, 5.74) is 17.3. The molecule has 8 atom stereocenters. The summed E-state index contributed by atoms with van der Waals surface area (Å²) in [6, 6.07) is 12.7. The third kappa shape index (κ3) is 5.80. The van der Waals surface area contributed by atoms with Gasteiger partial charge in [-0.2, -0.15) is 0 Å². The van der Waals surface area contributed by atoms with Gasteiger partial charge >= 0.3 is 0 Å². The molecule has 9 aliphatic carbocycles. The number of hydrogen-bond donors (Lipinski definition) is 0. The first-order chi connectivity index (χ1) is 30.0. The van der Waals surface area contributed by atoms with Crippen LogP contribution in [0.2, 0.25) is 0 Å².